The van der Waals surface area contributed by atoms with Crippen molar-refractivity contribution in [3.8, 4) is 0 Å². The van der Waals surface area contributed by atoms with E-state index in [0.717, 1.165) is 16.5 Å². The minimum absolute atomic E-state index is 0.0126. The highest BCUT2D eigenvalue weighted by atomic mass is 16.4. The predicted octanol–water partition coefficient (Wildman–Crippen LogP) is 4.35. The first-order chi connectivity index (χ1) is 13.7. The van der Waals surface area contributed by atoms with E-state index >= 15 is 0 Å². The van der Waals surface area contributed by atoms with Crippen LogP contribution in [0.2, 0.25) is 0 Å². The van der Waals surface area contributed by atoms with Crippen molar-refractivity contribution >= 4 is 16.9 Å². The molecule has 1 N–H and O–H groups in total. The predicted molar refractivity (Wildman–Crippen MR) is 110 cm³/mol. The Morgan fingerprint density at radius 3 is 2.04 bits per heavy atom. The van der Waals surface area contributed by atoms with Crippen LogP contribution in [0.15, 0.2) is 100 Å². The Bertz CT molecular complexity index is 1110. The van der Waals surface area contributed by atoms with E-state index in [4.69, 9.17) is 4.42 Å². The molecule has 1 amide bonds. The largest absolute Gasteiger partial charge is 0.422 e. The summed E-state index contributed by atoms with van der Waals surface area (Å²) < 4.78 is 5.27. The molecule has 4 aromatic rings. The van der Waals surface area contributed by atoms with Crippen LogP contribution >= 0.6 is 0 Å². The van der Waals surface area contributed by atoms with Gasteiger partial charge in [-0.25, -0.2) is 4.79 Å². The average Bonchev–Trinajstić information content (AvgIpc) is 2.75. The van der Waals surface area contributed by atoms with Crippen LogP contribution in [0.3, 0.4) is 0 Å². The SMILES string of the molecule is O=C(NCC(c1ccccc1)c1ccccc1)c1cc2ccccc2oc1=O. The number of nitrogens with one attached hydrogen (secondary N) is 1. The van der Waals surface area contributed by atoms with Gasteiger partial charge in [-0.2, -0.15) is 0 Å². The molecule has 0 aliphatic heterocycles. The first kappa shape index (κ1) is 17.7. The highest BCUT2D eigenvalue weighted by Crippen LogP contribution is 2.23. The summed E-state index contributed by atoms with van der Waals surface area (Å²) in [4.78, 5) is 24.9. The molecule has 4 rings (SSSR count). The third-order valence-electron chi connectivity index (χ3n) is 4.76. The monoisotopic (exact) mass is 369 g/mol. The molecule has 0 aliphatic carbocycles. The molecule has 0 saturated heterocycles. The summed E-state index contributed by atoms with van der Waals surface area (Å²) in [6.07, 6.45) is 0. The van der Waals surface area contributed by atoms with Gasteiger partial charge < -0.3 is 9.73 Å². The first-order valence-corrected chi connectivity index (χ1v) is 9.13. The van der Waals surface area contributed by atoms with E-state index in [9.17, 15) is 9.59 Å². The zero-order valence-electron chi connectivity index (χ0n) is 15.2. The lowest BCUT2D eigenvalue weighted by Crippen LogP contribution is -2.32. The van der Waals surface area contributed by atoms with Crippen LogP contribution < -0.4 is 10.9 Å². The van der Waals surface area contributed by atoms with Crippen LogP contribution in [-0.2, 0) is 0 Å². The Labute approximate surface area is 162 Å². The maximum Gasteiger partial charge on any atom is 0.349 e. The van der Waals surface area contributed by atoms with Gasteiger partial charge in [0.15, 0.2) is 0 Å². The minimum atomic E-state index is -0.632. The summed E-state index contributed by atoms with van der Waals surface area (Å²) >= 11 is 0. The average molecular weight is 369 g/mol. The fraction of sp³-hybridized carbons (Fsp3) is 0.0833. The van der Waals surface area contributed by atoms with E-state index in [2.05, 4.69) is 5.32 Å². The summed E-state index contributed by atoms with van der Waals surface area (Å²) in [5.74, 6) is -0.449. The Balaban J connectivity index is 1.60. The molecular formula is C24H19NO3. The maximum absolute atomic E-state index is 12.7. The Kier molecular flexibility index (Phi) is 5.02. The van der Waals surface area contributed by atoms with E-state index in [0.29, 0.717) is 12.1 Å². The molecule has 1 heterocycles. The molecule has 0 unspecified atom stereocenters. The topological polar surface area (TPSA) is 59.3 Å². The number of rotatable bonds is 5. The van der Waals surface area contributed by atoms with Gasteiger partial charge in [-0.15, -0.1) is 0 Å². The Morgan fingerprint density at radius 2 is 1.39 bits per heavy atom. The number of fused-ring (bicyclic) bond motifs is 1. The minimum Gasteiger partial charge on any atom is -0.422 e. The molecule has 0 bridgehead atoms. The highest BCUT2D eigenvalue weighted by Gasteiger charge is 2.18. The van der Waals surface area contributed by atoms with Gasteiger partial charge in [-0.05, 0) is 23.3 Å². The number of carbonyl (C=O) groups excluding carboxylic acids is 1. The number of hydrogen-bond acceptors (Lipinski definition) is 3. The van der Waals surface area contributed by atoms with Gasteiger partial charge in [0, 0.05) is 17.8 Å². The van der Waals surface area contributed by atoms with Gasteiger partial charge in [0.2, 0.25) is 0 Å². The Morgan fingerprint density at radius 1 is 0.821 bits per heavy atom. The van der Waals surface area contributed by atoms with Crippen molar-refractivity contribution in [2.45, 2.75) is 5.92 Å². The van der Waals surface area contributed by atoms with Gasteiger partial charge in [0.25, 0.3) is 5.91 Å². The van der Waals surface area contributed by atoms with Gasteiger partial charge in [-0.3, -0.25) is 4.79 Å². The number of hydrogen-bond donors (Lipinski definition) is 1. The Hall–Kier alpha value is -3.66. The van der Waals surface area contributed by atoms with E-state index < -0.39 is 11.5 Å². The molecule has 3 aromatic carbocycles. The molecule has 0 aliphatic rings. The van der Waals surface area contributed by atoms with E-state index in [1.807, 2.05) is 72.8 Å². The third-order valence-corrected chi connectivity index (χ3v) is 4.76. The molecule has 4 nitrogen and oxygen atoms in total. The van der Waals surface area contributed by atoms with E-state index in [-0.39, 0.29) is 11.5 Å². The van der Waals surface area contributed by atoms with Gasteiger partial charge in [0.05, 0.1) is 0 Å². The van der Waals surface area contributed by atoms with Crippen molar-refractivity contribution in [3.63, 3.8) is 0 Å². The van der Waals surface area contributed by atoms with Gasteiger partial charge in [-0.1, -0.05) is 78.9 Å². The quantitative estimate of drug-likeness (QED) is 0.532. The van der Waals surface area contributed by atoms with Gasteiger partial charge >= 0.3 is 5.63 Å². The van der Waals surface area contributed by atoms with Crippen LogP contribution in [0.5, 0.6) is 0 Å². The van der Waals surface area contributed by atoms with Crippen molar-refractivity contribution in [2.24, 2.45) is 0 Å². The van der Waals surface area contributed by atoms with Crippen LogP contribution in [0, 0.1) is 0 Å². The number of para-hydroxylation sites is 1. The second-order valence-corrected chi connectivity index (χ2v) is 6.57. The summed E-state index contributed by atoms with van der Waals surface area (Å²) in [6, 6.07) is 28.7. The summed E-state index contributed by atoms with van der Waals surface area (Å²) in [5.41, 5.74) is 2.04. The second-order valence-electron chi connectivity index (χ2n) is 6.57. The normalized spacial score (nSPS) is 10.9. The zero-order chi connectivity index (χ0) is 19.3. The molecule has 0 radical (unpaired) electrons. The standard InChI is InChI=1S/C24H19NO3/c26-23(20-15-19-13-7-8-14-22(19)28-24(20)27)25-16-21(17-9-3-1-4-10-17)18-11-5-2-6-12-18/h1-15,21H,16H2,(H,25,26). The van der Waals surface area contributed by atoms with Crippen LogP contribution in [0.4, 0.5) is 0 Å². The summed E-state index contributed by atoms with van der Waals surface area (Å²) in [5, 5.41) is 3.62. The molecule has 28 heavy (non-hydrogen) atoms. The number of benzene rings is 3. The van der Waals surface area contributed by atoms with Gasteiger partial charge in [0.1, 0.15) is 11.1 Å². The number of amides is 1. The van der Waals surface area contributed by atoms with Crippen LogP contribution in [0.1, 0.15) is 27.4 Å². The fourth-order valence-corrected chi connectivity index (χ4v) is 3.31. The lowest BCUT2D eigenvalue weighted by Gasteiger charge is -2.18. The fourth-order valence-electron chi connectivity index (χ4n) is 3.31. The van der Waals surface area contributed by atoms with Crippen molar-refractivity contribution < 1.29 is 9.21 Å². The smallest absolute Gasteiger partial charge is 0.349 e. The lowest BCUT2D eigenvalue weighted by atomic mass is 9.91. The lowest BCUT2D eigenvalue weighted by molar-refractivity contribution is 0.0949. The molecule has 0 spiro atoms. The molecule has 0 saturated carbocycles. The third kappa shape index (κ3) is 3.71. The molecular weight excluding hydrogens is 350 g/mol. The summed E-state index contributed by atoms with van der Waals surface area (Å²) in [7, 11) is 0. The molecule has 0 atom stereocenters. The van der Waals surface area contributed by atoms with E-state index in [1.165, 1.54) is 0 Å². The van der Waals surface area contributed by atoms with E-state index in [1.54, 1.807) is 18.2 Å². The van der Waals surface area contributed by atoms with Crippen molar-refractivity contribution in [1.82, 2.24) is 5.32 Å². The maximum atomic E-state index is 12.7. The van der Waals surface area contributed by atoms with Crippen molar-refractivity contribution in [2.75, 3.05) is 6.54 Å². The summed E-state index contributed by atoms with van der Waals surface area (Å²) in [6.45, 7) is 0.374. The van der Waals surface area contributed by atoms with Crippen molar-refractivity contribution in [1.29, 1.82) is 0 Å². The van der Waals surface area contributed by atoms with Crippen molar-refractivity contribution in [3.05, 3.63) is 118 Å². The molecule has 4 heteroatoms. The molecule has 0 fully saturated rings. The number of carbonyl (C=O) groups is 1. The first-order valence-electron chi connectivity index (χ1n) is 9.13. The van der Waals surface area contributed by atoms with Crippen LogP contribution in [-0.4, -0.2) is 12.5 Å². The van der Waals surface area contributed by atoms with Crippen LogP contribution in [0.25, 0.3) is 11.0 Å². The highest BCUT2D eigenvalue weighted by molar-refractivity contribution is 5.96. The molecule has 1 aromatic heterocycles. The zero-order valence-corrected chi connectivity index (χ0v) is 15.2. The molecule has 138 valence electrons. The second kappa shape index (κ2) is 7.92.